The van der Waals surface area contributed by atoms with Crippen molar-refractivity contribution in [2.45, 2.75) is 44.2 Å². The highest BCUT2D eigenvalue weighted by atomic mass is 79.9. The molecule has 10 heteroatoms. The number of nitrogens with one attached hydrogen (secondary N) is 1. The van der Waals surface area contributed by atoms with Crippen molar-refractivity contribution in [1.29, 1.82) is 0 Å². The fourth-order valence-corrected chi connectivity index (χ4v) is 6.86. The number of carbonyl (C=O) groups excluding carboxylic acids is 2. The van der Waals surface area contributed by atoms with E-state index in [9.17, 15) is 18.0 Å². The third kappa shape index (κ3) is 8.73. The summed E-state index contributed by atoms with van der Waals surface area (Å²) in [5.41, 5.74) is 2.67. The number of rotatable bonds is 14. The first-order valence-electron chi connectivity index (χ1n) is 14.7. The molecule has 4 rings (SSSR count). The van der Waals surface area contributed by atoms with E-state index in [1.54, 1.807) is 30.3 Å². The second kappa shape index (κ2) is 15.7. The van der Waals surface area contributed by atoms with E-state index in [-0.39, 0.29) is 29.5 Å². The third-order valence-electron chi connectivity index (χ3n) is 7.28. The van der Waals surface area contributed by atoms with E-state index < -0.39 is 28.5 Å². The Morgan fingerprint density at radius 3 is 2.20 bits per heavy atom. The number of hydrogen-bond acceptors (Lipinski definition) is 5. The molecule has 0 aliphatic carbocycles. The summed E-state index contributed by atoms with van der Waals surface area (Å²) in [6, 6.07) is 29.2. The lowest BCUT2D eigenvalue weighted by atomic mass is 10.0. The number of aryl methyl sites for hydroxylation is 1. The van der Waals surface area contributed by atoms with Gasteiger partial charge in [-0.25, -0.2) is 8.42 Å². The van der Waals surface area contributed by atoms with E-state index in [2.05, 4.69) is 21.2 Å². The van der Waals surface area contributed by atoms with Crippen molar-refractivity contribution in [3.05, 3.63) is 124 Å². The van der Waals surface area contributed by atoms with Gasteiger partial charge in [0.15, 0.2) is 0 Å². The molecule has 0 heterocycles. The van der Waals surface area contributed by atoms with Gasteiger partial charge >= 0.3 is 0 Å². The van der Waals surface area contributed by atoms with Gasteiger partial charge < -0.3 is 15.0 Å². The molecule has 0 bridgehead atoms. The Balaban J connectivity index is 1.84. The van der Waals surface area contributed by atoms with Crippen LogP contribution < -0.4 is 14.4 Å². The van der Waals surface area contributed by atoms with Gasteiger partial charge in [0.1, 0.15) is 18.3 Å². The summed E-state index contributed by atoms with van der Waals surface area (Å²) in [6.07, 6.45) is 0.967. The molecule has 1 unspecified atom stereocenters. The van der Waals surface area contributed by atoms with Crippen molar-refractivity contribution >= 4 is 43.5 Å². The molecule has 0 aliphatic heterocycles. The molecule has 0 radical (unpaired) electrons. The first-order chi connectivity index (χ1) is 21.6. The molecule has 0 fully saturated rings. The summed E-state index contributed by atoms with van der Waals surface area (Å²) in [5, 5.41) is 2.96. The molecule has 0 saturated heterocycles. The van der Waals surface area contributed by atoms with Crippen LogP contribution in [0.3, 0.4) is 0 Å². The van der Waals surface area contributed by atoms with E-state index >= 15 is 0 Å². The van der Waals surface area contributed by atoms with Gasteiger partial charge in [-0.2, -0.15) is 0 Å². The Morgan fingerprint density at radius 2 is 1.56 bits per heavy atom. The van der Waals surface area contributed by atoms with E-state index in [0.717, 1.165) is 31.9 Å². The van der Waals surface area contributed by atoms with E-state index in [1.807, 2.05) is 74.5 Å². The lowest BCUT2D eigenvalue weighted by Gasteiger charge is -2.34. The van der Waals surface area contributed by atoms with E-state index in [4.69, 9.17) is 4.74 Å². The second-order valence-electron chi connectivity index (χ2n) is 10.6. The Morgan fingerprint density at radius 1 is 0.889 bits per heavy atom. The summed E-state index contributed by atoms with van der Waals surface area (Å²) >= 11 is 3.50. The van der Waals surface area contributed by atoms with Gasteiger partial charge in [-0.15, -0.1) is 0 Å². The molecule has 0 saturated carbocycles. The lowest BCUT2D eigenvalue weighted by Crippen LogP contribution is -2.53. The summed E-state index contributed by atoms with van der Waals surface area (Å²) in [5.74, 6) is -0.548. The Bertz CT molecular complexity index is 1700. The second-order valence-corrected chi connectivity index (χ2v) is 13.4. The van der Waals surface area contributed by atoms with Crippen LogP contribution in [0.15, 0.2) is 112 Å². The maximum absolute atomic E-state index is 14.6. The zero-order chi connectivity index (χ0) is 32.4. The first kappa shape index (κ1) is 33.7. The molecule has 0 aliphatic rings. The number of ether oxygens (including phenoxy) is 1. The van der Waals surface area contributed by atoms with Gasteiger partial charge in [-0.3, -0.25) is 13.9 Å². The average molecular weight is 693 g/mol. The van der Waals surface area contributed by atoms with Gasteiger partial charge in [-0.05, 0) is 66.4 Å². The summed E-state index contributed by atoms with van der Waals surface area (Å²) in [7, 11) is -2.78. The topological polar surface area (TPSA) is 96.0 Å². The molecular weight excluding hydrogens is 654 g/mol. The summed E-state index contributed by atoms with van der Waals surface area (Å²) < 4.78 is 35.9. The number of methoxy groups -OCH3 is 1. The number of carbonyl (C=O) groups is 2. The van der Waals surface area contributed by atoms with Crippen molar-refractivity contribution in [1.82, 2.24) is 10.2 Å². The first-order valence-corrected chi connectivity index (χ1v) is 16.9. The van der Waals surface area contributed by atoms with Crippen LogP contribution in [0, 0.1) is 6.92 Å². The molecular formula is C35H38BrN3O5S. The van der Waals surface area contributed by atoms with Gasteiger partial charge in [0.25, 0.3) is 10.0 Å². The van der Waals surface area contributed by atoms with Crippen molar-refractivity contribution in [3.63, 3.8) is 0 Å². The minimum atomic E-state index is -4.23. The van der Waals surface area contributed by atoms with Crippen LogP contribution in [0.4, 0.5) is 5.69 Å². The molecule has 2 amide bonds. The number of anilines is 1. The quantitative estimate of drug-likeness (QED) is 0.172. The van der Waals surface area contributed by atoms with E-state index in [0.29, 0.717) is 12.3 Å². The van der Waals surface area contributed by atoms with Crippen molar-refractivity contribution < 1.29 is 22.7 Å². The van der Waals surface area contributed by atoms with Crippen molar-refractivity contribution in [3.8, 4) is 5.75 Å². The van der Waals surface area contributed by atoms with Gasteiger partial charge in [-0.1, -0.05) is 89.6 Å². The zero-order valence-corrected chi connectivity index (χ0v) is 28.1. The van der Waals surface area contributed by atoms with Crippen LogP contribution in [-0.2, 0) is 32.6 Å². The fraction of sp³-hybridized carbons (Fsp3) is 0.257. The summed E-state index contributed by atoms with van der Waals surface area (Å²) in [6.45, 7) is 3.76. The molecule has 8 nitrogen and oxygen atoms in total. The number of hydrogen-bond donors (Lipinski definition) is 1. The molecule has 4 aromatic carbocycles. The zero-order valence-electron chi connectivity index (χ0n) is 25.6. The van der Waals surface area contributed by atoms with Crippen LogP contribution in [0.25, 0.3) is 0 Å². The number of halogens is 1. The summed E-state index contributed by atoms with van der Waals surface area (Å²) in [4.78, 5) is 29.8. The Labute approximate surface area is 274 Å². The van der Waals surface area contributed by atoms with Crippen molar-refractivity contribution in [2.24, 2.45) is 0 Å². The predicted octanol–water partition coefficient (Wildman–Crippen LogP) is 6.13. The Hall–Kier alpha value is -4.15. The largest absolute Gasteiger partial charge is 0.495 e. The maximum Gasteiger partial charge on any atom is 0.264 e. The monoisotopic (exact) mass is 691 g/mol. The molecule has 4 aromatic rings. The number of amides is 2. The standard InChI is InChI=1S/C35H38BrN3O5S/c1-4-20-37-35(41)32(23-27-12-7-5-8-13-27)38(24-28-14-11-15-29(36)22-28)34(40)25-39(31-21-26(2)18-19-33(31)44-3)45(42,43)30-16-9-6-10-17-30/h5-19,21-22,32H,4,20,23-25H2,1-3H3,(H,37,41). The third-order valence-corrected chi connectivity index (χ3v) is 9.54. The highest BCUT2D eigenvalue weighted by Crippen LogP contribution is 2.34. The normalized spacial score (nSPS) is 11.8. The SMILES string of the molecule is CCCNC(=O)C(Cc1ccccc1)N(Cc1cccc(Br)c1)C(=O)CN(c1cc(C)ccc1OC)S(=O)(=O)c1ccccc1. The smallest absolute Gasteiger partial charge is 0.264 e. The average Bonchev–Trinajstić information content (AvgIpc) is 3.04. The van der Waals surface area contributed by atoms with Crippen LogP contribution in [0.5, 0.6) is 5.75 Å². The van der Waals surface area contributed by atoms with Gasteiger partial charge in [0, 0.05) is 24.0 Å². The minimum Gasteiger partial charge on any atom is -0.495 e. The van der Waals surface area contributed by atoms with Crippen LogP contribution in [0.2, 0.25) is 0 Å². The number of nitrogens with zero attached hydrogens (tertiary/aromatic N) is 2. The molecule has 0 aromatic heterocycles. The van der Waals surface area contributed by atoms with Gasteiger partial charge in [0.2, 0.25) is 11.8 Å². The van der Waals surface area contributed by atoms with Crippen LogP contribution in [-0.4, -0.2) is 51.4 Å². The molecule has 45 heavy (non-hydrogen) atoms. The highest BCUT2D eigenvalue weighted by molar-refractivity contribution is 9.10. The van der Waals surface area contributed by atoms with Crippen LogP contribution >= 0.6 is 15.9 Å². The minimum absolute atomic E-state index is 0.0291. The predicted molar refractivity (Wildman–Crippen MR) is 181 cm³/mol. The van der Waals surface area contributed by atoms with Crippen molar-refractivity contribution in [2.75, 3.05) is 24.5 Å². The molecule has 236 valence electrons. The van der Waals surface area contributed by atoms with E-state index in [1.165, 1.54) is 24.1 Å². The lowest BCUT2D eigenvalue weighted by molar-refractivity contribution is -0.140. The highest BCUT2D eigenvalue weighted by Gasteiger charge is 2.35. The molecule has 1 N–H and O–H groups in total. The van der Waals surface area contributed by atoms with Gasteiger partial charge in [0.05, 0.1) is 17.7 Å². The maximum atomic E-state index is 14.6. The number of benzene rings is 4. The molecule has 0 spiro atoms. The fourth-order valence-electron chi connectivity index (χ4n) is 4.98. The number of sulfonamides is 1. The van der Waals surface area contributed by atoms with Crippen LogP contribution in [0.1, 0.15) is 30.0 Å². The Kier molecular flexibility index (Phi) is 11.8. The molecule has 1 atom stereocenters.